The lowest BCUT2D eigenvalue weighted by Gasteiger charge is -2.33. The van der Waals surface area contributed by atoms with Gasteiger partial charge in [-0.25, -0.2) is 13.3 Å². The average molecular weight is 483 g/mol. The quantitative estimate of drug-likeness (QED) is 0.670. The van der Waals surface area contributed by atoms with E-state index in [1.165, 1.54) is 10.4 Å². The molecular weight excluding hydrogens is 461 g/mol. The Morgan fingerprint density at radius 3 is 2.23 bits per heavy atom. The summed E-state index contributed by atoms with van der Waals surface area (Å²) in [6, 6.07) is 10.9. The lowest BCUT2D eigenvalue weighted by atomic mass is 10.2. The van der Waals surface area contributed by atoms with Gasteiger partial charge in [0.1, 0.15) is 0 Å². The predicted octanol–water partition coefficient (Wildman–Crippen LogP) is 1.52. The Kier molecular flexibility index (Phi) is 6.11. The number of amides is 2. The number of imide groups is 1. The fourth-order valence-corrected chi connectivity index (χ4v) is 5.80. The van der Waals surface area contributed by atoms with Gasteiger partial charge in [-0.1, -0.05) is 40.9 Å². The van der Waals surface area contributed by atoms with Crippen molar-refractivity contribution < 1.29 is 22.9 Å². The zero-order valence-electron chi connectivity index (χ0n) is 16.8. The second-order valence-corrected chi connectivity index (χ2v) is 10.6. The summed E-state index contributed by atoms with van der Waals surface area (Å²) in [5.41, 5.74) is 1.39. The van der Waals surface area contributed by atoms with Crippen LogP contribution in [0.1, 0.15) is 12.0 Å². The summed E-state index contributed by atoms with van der Waals surface area (Å²) in [6.07, 6.45) is 0.0825. The first kappa shape index (κ1) is 22.2. The minimum Gasteiger partial charge on any atom is -0.322 e. The number of hydrogen-bond acceptors (Lipinski definition) is 4. The second-order valence-electron chi connectivity index (χ2n) is 7.80. The van der Waals surface area contributed by atoms with Crippen molar-refractivity contribution in [3.8, 4) is 0 Å². The molecule has 31 heavy (non-hydrogen) atoms. The van der Waals surface area contributed by atoms with E-state index in [0.29, 0.717) is 23.8 Å². The third kappa shape index (κ3) is 4.23. The van der Waals surface area contributed by atoms with Crippen molar-refractivity contribution in [3.05, 3.63) is 58.1 Å². The number of benzene rings is 2. The van der Waals surface area contributed by atoms with Crippen LogP contribution in [0.25, 0.3) is 0 Å². The molecule has 0 aromatic heterocycles. The summed E-state index contributed by atoms with van der Waals surface area (Å²) >= 11 is 12.0. The molecule has 0 unspecified atom stereocenters. The van der Waals surface area contributed by atoms with Gasteiger partial charge in [0.15, 0.2) is 6.04 Å². The number of halogens is 2. The van der Waals surface area contributed by atoms with Crippen LogP contribution >= 0.6 is 23.2 Å². The molecule has 1 N–H and O–H groups in total. The molecule has 0 aliphatic carbocycles. The van der Waals surface area contributed by atoms with Crippen LogP contribution in [0.5, 0.6) is 0 Å². The number of nitrogens with one attached hydrogen (secondary N) is 1. The maximum Gasteiger partial charge on any atom is 0.292 e. The Hall–Kier alpha value is -1.97. The van der Waals surface area contributed by atoms with Crippen LogP contribution in [0, 0.1) is 6.92 Å². The SMILES string of the molecule is Cc1ccc(S(=O)(=O)N2CC[NH+]([C@H]3CC(=O)N(c4ccc(Cl)c(Cl)c4)C3=O)CC2)cc1. The van der Waals surface area contributed by atoms with Gasteiger partial charge in [-0.3, -0.25) is 9.59 Å². The van der Waals surface area contributed by atoms with Gasteiger partial charge in [0.05, 0.1) is 53.2 Å². The monoisotopic (exact) mass is 482 g/mol. The van der Waals surface area contributed by atoms with E-state index in [0.717, 1.165) is 15.4 Å². The van der Waals surface area contributed by atoms with E-state index >= 15 is 0 Å². The first-order valence-corrected chi connectivity index (χ1v) is 12.1. The Morgan fingerprint density at radius 2 is 1.61 bits per heavy atom. The van der Waals surface area contributed by atoms with Crippen molar-refractivity contribution in [2.24, 2.45) is 0 Å². The van der Waals surface area contributed by atoms with E-state index < -0.39 is 16.1 Å². The molecule has 0 bridgehead atoms. The van der Waals surface area contributed by atoms with Crippen molar-refractivity contribution >= 4 is 50.7 Å². The van der Waals surface area contributed by atoms with Gasteiger partial charge in [0.25, 0.3) is 5.91 Å². The zero-order chi connectivity index (χ0) is 22.3. The number of sulfonamides is 1. The average Bonchev–Trinajstić information content (AvgIpc) is 3.04. The topological polar surface area (TPSA) is 79.2 Å². The largest absolute Gasteiger partial charge is 0.322 e. The van der Waals surface area contributed by atoms with E-state index in [-0.39, 0.29) is 41.2 Å². The van der Waals surface area contributed by atoms with Gasteiger partial charge in [-0.05, 0) is 37.3 Å². The maximum absolute atomic E-state index is 13.0. The minimum atomic E-state index is -3.58. The summed E-state index contributed by atoms with van der Waals surface area (Å²) in [5.74, 6) is -0.594. The number of carbonyl (C=O) groups excluding carboxylic acids is 2. The Balaban J connectivity index is 1.45. The lowest BCUT2D eigenvalue weighted by molar-refractivity contribution is -0.918. The van der Waals surface area contributed by atoms with Crippen molar-refractivity contribution in [2.45, 2.75) is 24.3 Å². The number of quaternary nitrogens is 1. The predicted molar refractivity (Wildman–Crippen MR) is 118 cm³/mol. The summed E-state index contributed by atoms with van der Waals surface area (Å²) < 4.78 is 27.3. The highest BCUT2D eigenvalue weighted by molar-refractivity contribution is 7.89. The molecule has 2 saturated heterocycles. The molecule has 2 aliphatic rings. The van der Waals surface area contributed by atoms with Crippen LogP contribution < -0.4 is 9.80 Å². The summed E-state index contributed by atoms with van der Waals surface area (Å²) in [5, 5.41) is 0.614. The van der Waals surface area contributed by atoms with E-state index in [1.807, 2.05) is 6.92 Å². The van der Waals surface area contributed by atoms with Crippen molar-refractivity contribution in [1.29, 1.82) is 0 Å². The highest BCUT2D eigenvalue weighted by atomic mass is 35.5. The molecule has 7 nitrogen and oxygen atoms in total. The van der Waals surface area contributed by atoms with Crippen molar-refractivity contribution in [1.82, 2.24) is 4.31 Å². The molecule has 2 fully saturated rings. The van der Waals surface area contributed by atoms with Crippen LogP contribution in [-0.2, 0) is 19.6 Å². The first-order chi connectivity index (χ1) is 14.7. The lowest BCUT2D eigenvalue weighted by Crippen LogP contribution is -3.19. The highest BCUT2D eigenvalue weighted by Gasteiger charge is 2.47. The molecule has 0 radical (unpaired) electrons. The van der Waals surface area contributed by atoms with Crippen LogP contribution in [0.3, 0.4) is 0 Å². The standard InChI is InChI=1S/C21H21Cl2N3O4S/c1-14-2-5-16(6-3-14)31(29,30)25-10-8-24(9-11-25)19-13-20(27)26(21(19)28)15-4-7-17(22)18(23)12-15/h2-7,12,19H,8-11,13H2,1H3/p+1/t19-/m0/s1. The molecule has 164 valence electrons. The van der Waals surface area contributed by atoms with Gasteiger partial charge in [0.2, 0.25) is 15.9 Å². The second kappa shape index (κ2) is 8.52. The third-order valence-electron chi connectivity index (χ3n) is 5.82. The fraction of sp³-hybridized carbons (Fsp3) is 0.333. The van der Waals surface area contributed by atoms with Gasteiger partial charge in [-0.15, -0.1) is 0 Å². The third-order valence-corrected chi connectivity index (χ3v) is 8.48. The Morgan fingerprint density at radius 1 is 0.968 bits per heavy atom. The van der Waals surface area contributed by atoms with E-state index in [4.69, 9.17) is 23.2 Å². The first-order valence-electron chi connectivity index (χ1n) is 9.92. The number of piperazine rings is 1. The molecule has 2 heterocycles. The van der Waals surface area contributed by atoms with Gasteiger partial charge < -0.3 is 4.90 Å². The zero-order valence-corrected chi connectivity index (χ0v) is 19.2. The van der Waals surface area contributed by atoms with Gasteiger partial charge in [0, 0.05) is 0 Å². The number of carbonyl (C=O) groups is 2. The minimum absolute atomic E-state index is 0.0825. The van der Waals surface area contributed by atoms with E-state index in [9.17, 15) is 18.0 Å². The molecule has 2 aromatic carbocycles. The van der Waals surface area contributed by atoms with E-state index in [1.54, 1.807) is 36.4 Å². The van der Waals surface area contributed by atoms with Gasteiger partial charge in [-0.2, -0.15) is 4.31 Å². The van der Waals surface area contributed by atoms with Crippen molar-refractivity contribution in [2.75, 3.05) is 31.1 Å². The molecule has 1 atom stereocenters. The molecular formula is C21H22Cl2N3O4S+. The summed E-state index contributed by atoms with van der Waals surface area (Å²) in [6.45, 7) is 3.38. The summed E-state index contributed by atoms with van der Waals surface area (Å²) in [7, 11) is -3.58. The number of rotatable bonds is 4. The molecule has 0 saturated carbocycles. The fourth-order valence-electron chi connectivity index (χ4n) is 4.07. The Labute approximate surface area is 191 Å². The van der Waals surface area contributed by atoms with Crippen LogP contribution in [-0.4, -0.2) is 56.8 Å². The molecule has 10 heteroatoms. The number of anilines is 1. The van der Waals surface area contributed by atoms with Gasteiger partial charge >= 0.3 is 0 Å². The number of hydrogen-bond donors (Lipinski definition) is 1. The molecule has 2 aliphatic heterocycles. The number of nitrogens with zero attached hydrogens (tertiary/aromatic N) is 2. The molecule has 2 aromatic rings. The van der Waals surface area contributed by atoms with Crippen LogP contribution in [0.2, 0.25) is 10.0 Å². The smallest absolute Gasteiger partial charge is 0.292 e. The normalized spacial score (nSPS) is 21.1. The summed E-state index contributed by atoms with van der Waals surface area (Å²) in [4.78, 5) is 27.9. The molecule has 2 amide bonds. The van der Waals surface area contributed by atoms with Crippen LogP contribution in [0.15, 0.2) is 47.4 Å². The highest BCUT2D eigenvalue weighted by Crippen LogP contribution is 2.30. The van der Waals surface area contributed by atoms with Crippen LogP contribution in [0.4, 0.5) is 5.69 Å². The number of aryl methyl sites for hydroxylation is 1. The molecule has 0 spiro atoms. The Bertz CT molecular complexity index is 1130. The maximum atomic E-state index is 13.0. The molecule has 4 rings (SSSR count). The van der Waals surface area contributed by atoms with Crippen molar-refractivity contribution in [3.63, 3.8) is 0 Å². The van der Waals surface area contributed by atoms with E-state index in [2.05, 4.69) is 0 Å².